The van der Waals surface area contributed by atoms with Crippen LogP contribution in [0, 0.1) is 5.41 Å². The smallest absolute Gasteiger partial charge is 0.293 e. The van der Waals surface area contributed by atoms with Gasteiger partial charge >= 0.3 is 0 Å². The van der Waals surface area contributed by atoms with E-state index in [1.807, 2.05) is 0 Å². The standard InChI is InChI=1S/C11H17N3O/c1-11(4-3-5-11)8-13-9-10(15)14(2)7-6-12-9/h6-7H,3-5,8H2,1-2H3,(H,12,13). The summed E-state index contributed by atoms with van der Waals surface area (Å²) in [7, 11) is 1.74. The Bertz CT molecular complexity index is 407. The number of hydrogen-bond donors (Lipinski definition) is 1. The van der Waals surface area contributed by atoms with E-state index in [9.17, 15) is 4.79 Å². The molecule has 1 N–H and O–H groups in total. The molecule has 0 saturated heterocycles. The van der Waals surface area contributed by atoms with Gasteiger partial charge in [0, 0.05) is 26.0 Å². The molecule has 0 bridgehead atoms. The maximum absolute atomic E-state index is 11.6. The maximum Gasteiger partial charge on any atom is 0.293 e. The van der Waals surface area contributed by atoms with Crippen molar-refractivity contribution in [3.8, 4) is 0 Å². The summed E-state index contributed by atoms with van der Waals surface area (Å²) in [6.07, 6.45) is 7.10. The van der Waals surface area contributed by atoms with Gasteiger partial charge in [-0.25, -0.2) is 4.98 Å². The number of rotatable bonds is 3. The quantitative estimate of drug-likeness (QED) is 0.814. The summed E-state index contributed by atoms with van der Waals surface area (Å²) in [6.45, 7) is 3.09. The van der Waals surface area contributed by atoms with E-state index in [1.54, 1.807) is 24.0 Å². The average Bonchev–Trinajstić information content (AvgIpc) is 2.17. The summed E-state index contributed by atoms with van der Waals surface area (Å²) in [6, 6.07) is 0. The number of nitrogens with zero attached hydrogens (tertiary/aromatic N) is 2. The Morgan fingerprint density at radius 3 is 2.93 bits per heavy atom. The van der Waals surface area contributed by atoms with E-state index in [1.165, 1.54) is 19.3 Å². The van der Waals surface area contributed by atoms with Crippen molar-refractivity contribution in [2.75, 3.05) is 11.9 Å². The molecule has 1 aromatic rings. The van der Waals surface area contributed by atoms with Crippen LogP contribution in [0.3, 0.4) is 0 Å². The molecule has 4 heteroatoms. The minimum atomic E-state index is -0.0552. The minimum Gasteiger partial charge on any atom is -0.365 e. The molecule has 0 spiro atoms. The number of aryl methyl sites for hydroxylation is 1. The molecule has 0 radical (unpaired) electrons. The van der Waals surface area contributed by atoms with E-state index in [0.717, 1.165) is 6.54 Å². The molecular weight excluding hydrogens is 190 g/mol. The molecule has 1 aliphatic rings. The Balaban J connectivity index is 2.05. The zero-order chi connectivity index (χ0) is 10.9. The van der Waals surface area contributed by atoms with Crippen LogP contribution in [0.1, 0.15) is 26.2 Å². The number of anilines is 1. The van der Waals surface area contributed by atoms with Gasteiger partial charge in [0.05, 0.1) is 0 Å². The molecule has 0 unspecified atom stereocenters. The third-order valence-corrected chi connectivity index (χ3v) is 3.26. The van der Waals surface area contributed by atoms with Gasteiger partial charge < -0.3 is 9.88 Å². The lowest BCUT2D eigenvalue weighted by Crippen LogP contribution is -2.35. The van der Waals surface area contributed by atoms with Crippen molar-refractivity contribution in [1.29, 1.82) is 0 Å². The molecular formula is C11H17N3O. The highest BCUT2D eigenvalue weighted by atomic mass is 16.1. The Hall–Kier alpha value is -1.32. The normalized spacial score (nSPS) is 18.3. The van der Waals surface area contributed by atoms with Crippen molar-refractivity contribution in [1.82, 2.24) is 9.55 Å². The SMILES string of the molecule is Cn1ccnc(NCC2(C)CCC2)c1=O. The fraction of sp³-hybridized carbons (Fsp3) is 0.636. The zero-order valence-corrected chi connectivity index (χ0v) is 9.29. The third kappa shape index (κ3) is 2.03. The summed E-state index contributed by atoms with van der Waals surface area (Å²) in [5.74, 6) is 0.466. The van der Waals surface area contributed by atoms with Crippen LogP contribution in [0.4, 0.5) is 5.82 Å². The fourth-order valence-corrected chi connectivity index (χ4v) is 1.87. The third-order valence-electron chi connectivity index (χ3n) is 3.26. The summed E-state index contributed by atoms with van der Waals surface area (Å²) < 4.78 is 1.54. The number of nitrogens with one attached hydrogen (secondary N) is 1. The predicted molar refractivity (Wildman–Crippen MR) is 59.9 cm³/mol. The van der Waals surface area contributed by atoms with Crippen LogP contribution in [-0.4, -0.2) is 16.1 Å². The van der Waals surface area contributed by atoms with Crippen LogP contribution in [0.5, 0.6) is 0 Å². The summed E-state index contributed by atoms with van der Waals surface area (Å²) in [5, 5.41) is 3.15. The molecule has 1 saturated carbocycles. The van der Waals surface area contributed by atoms with E-state index in [-0.39, 0.29) is 5.56 Å². The van der Waals surface area contributed by atoms with Gasteiger partial charge in [0.2, 0.25) is 0 Å². The first-order chi connectivity index (χ1) is 7.11. The molecule has 1 fully saturated rings. The molecule has 82 valence electrons. The Kier molecular flexibility index (Phi) is 2.50. The molecule has 2 rings (SSSR count). The van der Waals surface area contributed by atoms with Crippen LogP contribution in [-0.2, 0) is 7.05 Å². The monoisotopic (exact) mass is 207 g/mol. The van der Waals surface area contributed by atoms with Crippen LogP contribution in [0.2, 0.25) is 0 Å². The highest BCUT2D eigenvalue weighted by Gasteiger charge is 2.31. The molecule has 15 heavy (non-hydrogen) atoms. The van der Waals surface area contributed by atoms with Crippen molar-refractivity contribution in [2.24, 2.45) is 12.5 Å². The molecule has 0 aliphatic heterocycles. The Labute approximate surface area is 89.3 Å². The first-order valence-corrected chi connectivity index (χ1v) is 5.36. The summed E-state index contributed by atoms with van der Waals surface area (Å²) >= 11 is 0. The van der Waals surface area contributed by atoms with Crippen molar-refractivity contribution in [2.45, 2.75) is 26.2 Å². The zero-order valence-electron chi connectivity index (χ0n) is 9.29. The summed E-state index contributed by atoms with van der Waals surface area (Å²) in [4.78, 5) is 15.7. The van der Waals surface area contributed by atoms with Crippen LogP contribution < -0.4 is 10.9 Å². The molecule has 4 nitrogen and oxygen atoms in total. The Morgan fingerprint density at radius 2 is 2.33 bits per heavy atom. The topological polar surface area (TPSA) is 46.9 Å². The van der Waals surface area contributed by atoms with Gasteiger partial charge in [0.25, 0.3) is 5.56 Å². The van der Waals surface area contributed by atoms with Gasteiger partial charge in [0.15, 0.2) is 5.82 Å². The van der Waals surface area contributed by atoms with Crippen molar-refractivity contribution >= 4 is 5.82 Å². The highest BCUT2D eigenvalue weighted by Crippen LogP contribution is 2.39. The lowest BCUT2D eigenvalue weighted by atomic mass is 9.70. The van der Waals surface area contributed by atoms with E-state index in [0.29, 0.717) is 11.2 Å². The van der Waals surface area contributed by atoms with E-state index in [2.05, 4.69) is 17.2 Å². The van der Waals surface area contributed by atoms with Gasteiger partial charge in [-0.3, -0.25) is 4.79 Å². The molecule has 0 aromatic carbocycles. The first-order valence-electron chi connectivity index (χ1n) is 5.36. The van der Waals surface area contributed by atoms with Gasteiger partial charge in [-0.2, -0.15) is 0 Å². The lowest BCUT2D eigenvalue weighted by molar-refractivity contribution is 0.179. The second kappa shape index (κ2) is 3.68. The molecule has 1 aromatic heterocycles. The Morgan fingerprint density at radius 1 is 1.60 bits per heavy atom. The van der Waals surface area contributed by atoms with Crippen LogP contribution in [0.15, 0.2) is 17.2 Å². The van der Waals surface area contributed by atoms with Crippen molar-refractivity contribution in [3.63, 3.8) is 0 Å². The number of aromatic nitrogens is 2. The number of hydrogen-bond acceptors (Lipinski definition) is 3. The van der Waals surface area contributed by atoms with Gasteiger partial charge in [-0.05, 0) is 18.3 Å². The lowest BCUT2D eigenvalue weighted by Gasteiger charge is -2.38. The average molecular weight is 207 g/mol. The fourth-order valence-electron chi connectivity index (χ4n) is 1.87. The highest BCUT2D eigenvalue weighted by molar-refractivity contribution is 5.31. The van der Waals surface area contributed by atoms with E-state index >= 15 is 0 Å². The largest absolute Gasteiger partial charge is 0.365 e. The maximum atomic E-state index is 11.6. The second-order valence-electron chi connectivity index (χ2n) is 4.71. The van der Waals surface area contributed by atoms with Crippen LogP contribution >= 0.6 is 0 Å². The molecule has 0 atom stereocenters. The first kappa shape index (κ1) is 10.2. The summed E-state index contributed by atoms with van der Waals surface area (Å²) in [5.41, 5.74) is 0.308. The molecule has 0 amide bonds. The second-order valence-corrected chi connectivity index (χ2v) is 4.71. The van der Waals surface area contributed by atoms with Gasteiger partial charge in [-0.1, -0.05) is 13.3 Å². The van der Waals surface area contributed by atoms with Crippen LogP contribution in [0.25, 0.3) is 0 Å². The predicted octanol–water partition coefficient (Wildman–Crippen LogP) is 1.38. The van der Waals surface area contributed by atoms with E-state index < -0.39 is 0 Å². The van der Waals surface area contributed by atoms with E-state index in [4.69, 9.17) is 0 Å². The van der Waals surface area contributed by atoms with Crippen molar-refractivity contribution < 1.29 is 0 Å². The molecule has 1 heterocycles. The molecule has 1 aliphatic carbocycles. The van der Waals surface area contributed by atoms with Gasteiger partial charge in [-0.15, -0.1) is 0 Å². The van der Waals surface area contributed by atoms with Crippen molar-refractivity contribution in [3.05, 3.63) is 22.7 Å². The minimum absolute atomic E-state index is 0.0552. The van der Waals surface area contributed by atoms with Gasteiger partial charge in [0.1, 0.15) is 0 Å².